The van der Waals surface area contributed by atoms with Gasteiger partial charge in [0.15, 0.2) is 10.8 Å². The highest BCUT2D eigenvalue weighted by Gasteiger charge is 2.45. The molecule has 1 saturated heterocycles. The fraction of sp³-hybridized carbons (Fsp3) is 0.316. The number of nitrogens with zero attached hydrogens (tertiary/aromatic N) is 2. The fourth-order valence-corrected chi connectivity index (χ4v) is 3.75. The molecule has 1 fully saturated rings. The molecule has 0 bridgehead atoms. The maximum Gasteiger partial charge on any atom is 0.355 e. The third kappa shape index (κ3) is 4.46. The zero-order valence-corrected chi connectivity index (χ0v) is 16.9. The van der Waals surface area contributed by atoms with E-state index in [0.29, 0.717) is 5.56 Å². The van der Waals surface area contributed by atoms with Crippen molar-refractivity contribution in [3.05, 3.63) is 46.7 Å². The Morgan fingerprint density at radius 2 is 1.97 bits per heavy atom. The second kappa shape index (κ2) is 8.57. The standard InChI is InChI=1S/C19H19FN4O5S/c1-9(2)7-13(15(25)23-18-21-12(8-30-18)17(27)28)24-16(26)14(22-19(24)29)10-3-5-11(20)6-4-10/h3-6,8-9,13-14H,7H2,1-2H3,(H,22,29)(H,27,28)(H,21,23,25). The highest BCUT2D eigenvalue weighted by atomic mass is 32.1. The molecule has 1 aromatic carbocycles. The van der Waals surface area contributed by atoms with Gasteiger partial charge in [0.25, 0.3) is 5.91 Å². The number of anilines is 1. The Bertz CT molecular complexity index is 991. The Labute approximate surface area is 174 Å². The van der Waals surface area contributed by atoms with E-state index in [2.05, 4.69) is 15.6 Å². The number of hydrogen-bond acceptors (Lipinski definition) is 6. The highest BCUT2D eigenvalue weighted by molar-refractivity contribution is 7.14. The number of hydrogen-bond donors (Lipinski definition) is 3. The maximum absolute atomic E-state index is 13.2. The summed E-state index contributed by atoms with van der Waals surface area (Å²) in [4.78, 5) is 54.0. The summed E-state index contributed by atoms with van der Waals surface area (Å²) in [5, 5.41) is 15.3. The second-order valence-electron chi connectivity index (χ2n) is 7.12. The number of carboxylic acid groups (broad SMARTS) is 1. The molecular formula is C19H19FN4O5S. The van der Waals surface area contributed by atoms with E-state index >= 15 is 0 Å². The van der Waals surface area contributed by atoms with E-state index in [0.717, 1.165) is 16.2 Å². The molecule has 0 spiro atoms. The summed E-state index contributed by atoms with van der Waals surface area (Å²) in [5.41, 5.74) is 0.175. The number of thiazole rings is 1. The summed E-state index contributed by atoms with van der Waals surface area (Å²) in [6.45, 7) is 3.67. The van der Waals surface area contributed by atoms with Crippen molar-refractivity contribution >= 4 is 40.3 Å². The molecule has 30 heavy (non-hydrogen) atoms. The van der Waals surface area contributed by atoms with Crippen molar-refractivity contribution in [2.45, 2.75) is 32.4 Å². The number of carbonyl (C=O) groups excluding carboxylic acids is 3. The van der Waals surface area contributed by atoms with Crippen LogP contribution in [0.2, 0.25) is 0 Å². The maximum atomic E-state index is 13.2. The van der Waals surface area contributed by atoms with Gasteiger partial charge in [-0.15, -0.1) is 11.3 Å². The average Bonchev–Trinajstić information content (AvgIpc) is 3.25. The predicted molar refractivity (Wildman–Crippen MR) is 105 cm³/mol. The Hall–Kier alpha value is -3.34. The lowest BCUT2D eigenvalue weighted by atomic mass is 10.0. The van der Waals surface area contributed by atoms with Gasteiger partial charge >= 0.3 is 12.0 Å². The van der Waals surface area contributed by atoms with E-state index in [1.807, 2.05) is 13.8 Å². The van der Waals surface area contributed by atoms with Crippen molar-refractivity contribution in [2.75, 3.05) is 5.32 Å². The molecule has 2 atom stereocenters. The van der Waals surface area contributed by atoms with Crippen LogP contribution >= 0.6 is 11.3 Å². The highest BCUT2D eigenvalue weighted by Crippen LogP contribution is 2.27. The number of nitrogens with one attached hydrogen (secondary N) is 2. The number of carbonyl (C=O) groups is 4. The Morgan fingerprint density at radius 3 is 2.53 bits per heavy atom. The summed E-state index contributed by atoms with van der Waals surface area (Å²) in [6, 6.07) is 2.25. The number of halogens is 1. The lowest BCUT2D eigenvalue weighted by Gasteiger charge is -2.25. The van der Waals surface area contributed by atoms with Crippen LogP contribution in [0.5, 0.6) is 0 Å². The molecule has 11 heteroatoms. The van der Waals surface area contributed by atoms with E-state index in [-0.39, 0.29) is 23.2 Å². The number of benzene rings is 1. The minimum atomic E-state index is -1.23. The number of aromatic nitrogens is 1. The van der Waals surface area contributed by atoms with Crippen LogP contribution in [0.4, 0.5) is 14.3 Å². The van der Waals surface area contributed by atoms with Gasteiger partial charge in [-0.2, -0.15) is 0 Å². The molecular weight excluding hydrogens is 415 g/mol. The van der Waals surface area contributed by atoms with E-state index in [1.165, 1.54) is 29.6 Å². The topological polar surface area (TPSA) is 129 Å². The number of amides is 4. The summed E-state index contributed by atoms with van der Waals surface area (Å²) >= 11 is 0.922. The van der Waals surface area contributed by atoms with Gasteiger partial charge < -0.3 is 15.7 Å². The normalized spacial score (nSPS) is 17.2. The number of carboxylic acids is 1. The quantitative estimate of drug-likeness (QED) is 0.575. The largest absolute Gasteiger partial charge is 0.476 e. The molecule has 0 saturated carbocycles. The molecule has 158 valence electrons. The summed E-state index contributed by atoms with van der Waals surface area (Å²) in [7, 11) is 0. The van der Waals surface area contributed by atoms with Crippen LogP contribution in [0.25, 0.3) is 0 Å². The first-order valence-corrected chi connectivity index (χ1v) is 9.94. The minimum absolute atomic E-state index is 0.0305. The van der Waals surface area contributed by atoms with Crippen molar-refractivity contribution < 1.29 is 28.7 Å². The number of aromatic carboxylic acids is 1. The third-order valence-electron chi connectivity index (χ3n) is 4.44. The van der Waals surface area contributed by atoms with Gasteiger partial charge in [0.2, 0.25) is 5.91 Å². The molecule has 9 nitrogen and oxygen atoms in total. The van der Waals surface area contributed by atoms with Gasteiger partial charge in [0, 0.05) is 5.38 Å². The summed E-state index contributed by atoms with van der Waals surface area (Å²) < 4.78 is 13.2. The molecule has 1 aliphatic heterocycles. The van der Waals surface area contributed by atoms with Crippen molar-refractivity contribution in [3.8, 4) is 0 Å². The van der Waals surface area contributed by atoms with Crippen molar-refractivity contribution in [3.63, 3.8) is 0 Å². The van der Waals surface area contributed by atoms with Gasteiger partial charge in [-0.1, -0.05) is 26.0 Å². The molecule has 3 N–H and O–H groups in total. The van der Waals surface area contributed by atoms with Crippen molar-refractivity contribution in [1.82, 2.24) is 15.2 Å². The van der Waals surface area contributed by atoms with E-state index < -0.39 is 41.7 Å². The van der Waals surface area contributed by atoms with Crippen LogP contribution in [0.1, 0.15) is 42.4 Å². The van der Waals surface area contributed by atoms with Gasteiger partial charge in [-0.25, -0.2) is 23.9 Å². The van der Waals surface area contributed by atoms with Gasteiger partial charge in [-0.05, 0) is 30.0 Å². The summed E-state index contributed by atoms with van der Waals surface area (Å²) in [5.74, 6) is -3.02. The average molecular weight is 434 g/mol. The monoisotopic (exact) mass is 434 g/mol. The van der Waals surface area contributed by atoms with Crippen LogP contribution in [0.15, 0.2) is 29.6 Å². The number of rotatable bonds is 7. The first-order valence-electron chi connectivity index (χ1n) is 9.06. The van der Waals surface area contributed by atoms with Crippen molar-refractivity contribution in [1.29, 1.82) is 0 Å². The molecule has 1 aliphatic rings. The first-order chi connectivity index (χ1) is 14.2. The van der Waals surface area contributed by atoms with Crippen LogP contribution in [-0.2, 0) is 9.59 Å². The Morgan fingerprint density at radius 1 is 1.30 bits per heavy atom. The van der Waals surface area contributed by atoms with Gasteiger partial charge in [0.05, 0.1) is 0 Å². The predicted octanol–water partition coefficient (Wildman–Crippen LogP) is 2.63. The van der Waals surface area contributed by atoms with Gasteiger partial charge in [-0.3, -0.25) is 9.59 Å². The Balaban J connectivity index is 1.83. The fourth-order valence-electron chi connectivity index (χ4n) is 3.06. The van der Waals surface area contributed by atoms with Crippen LogP contribution in [0.3, 0.4) is 0 Å². The van der Waals surface area contributed by atoms with E-state index in [9.17, 15) is 23.6 Å². The molecule has 0 radical (unpaired) electrons. The number of imide groups is 1. The van der Waals surface area contributed by atoms with Gasteiger partial charge in [0.1, 0.15) is 17.9 Å². The molecule has 1 aromatic heterocycles. The van der Waals surface area contributed by atoms with Crippen LogP contribution in [-0.4, -0.2) is 44.8 Å². The molecule has 4 amide bonds. The molecule has 2 unspecified atom stereocenters. The SMILES string of the molecule is CC(C)CC(C(=O)Nc1nc(C(=O)O)cs1)N1C(=O)NC(c2ccc(F)cc2)C1=O. The molecule has 2 aromatic rings. The molecule has 0 aliphatic carbocycles. The van der Waals surface area contributed by atoms with E-state index in [1.54, 1.807) is 0 Å². The van der Waals surface area contributed by atoms with Crippen LogP contribution < -0.4 is 10.6 Å². The zero-order chi connectivity index (χ0) is 22.0. The number of urea groups is 1. The smallest absolute Gasteiger partial charge is 0.355 e. The second-order valence-corrected chi connectivity index (χ2v) is 7.98. The Kier molecular flexibility index (Phi) is 6.11. The van der Waals surface area contributed by atoms with Crippen LogP contribution in [0, 0.1) is 11.7 Å². The van der Waals surface area contributed by atoms with E-state index in [4.69, 9.17) is 5.11 Å². The first kappa shape index (κ1) is 21.4. The molecule has 3 rings (SSSR count). The third-order valence-corrected chi connectivity index (χ3v) is 5.19. The molecule has 2 heterocycles. The summed E-state index contributed by atoms with van der Waals surface area (Å²) in [6.07, 6.45) is 0.193. The lowest BCUT2D eigenvalue weighted by Crippen LogP contribution is -2.48. The zero-order valence-electron chi connectivity index (χ0n) is 16.1. The lowest BCUT2D eigenvalue weighted by molar-refractivity contribution is -0.134. The van der Waals surface area contributed by atoms with Crippen molar-refractivity contribution in [2.24, 2.45) is 5.92 Å². The minimum Gasteiger partial charge on any atom is -0.476 e.